The highest BCUT2D eigenvalue weighted by Gasteiger charge is 2.36. The molecule has 0 amide bonds. The normalized spacial score (nSPS) is 13.4. The van der Waals surface area contributed by atoms with Crippen LogP contribution in [0, 0.1) is 0 Å². The van der Waals surface area contributed by atoms with Gasteiger partial charge in [-0.25, -0.2) is 9.97 Å². The summed E-state index contributed by atoms with van der Waals surface area (Å²) in [4.78, 5) is 12.1. The molecular weight excluding hydrogens is 587 g/mol. The Morgan fingerprint density at radius 3 is 2.10 bits per heavy atom. The lowest BCUT2D eigenvalue weighted by Gasteiger charge is -2.35. The predicted molar refractivity (Wildman–Crippen MR) is 198 cm³/mol. The maximum atomic E-state index is 4.94. The van der Waals surface area contributed by atoms with Gasteiger partial charge in [-0.2, -0.15) is 0 Å². The number of anilines is 3. The summed E-state index contributed by atoms with van der Waals surface area (Å²) in [7, 11) is 0. The van der Waals surface area contributed by atoms with E-state index in [1.807, 2.05) is 30.6 Å². The van der Waals surface area contributed by atoms with Gasteiger partial charge in [0.25, 0.3) is 0 Å². The van der Waals surface area contributed by atoms with Crippen molar-refractivity contribution >= 4 is 60.8 Å². The van der Waals surface area contributed by atoms with Crippen molar-refractivity contribution < 1.29 is 0 Å². The number of nitrogens with zero attached hydrogens (tertiary/aromatic N) is 5. The average molecular weight is 618 g/mol. The summed E-state index contributed by atoms with van der Waals surface area (Å²) >= 11 is 0. The summed E-state index contributed by atoms with van der Waals surface area (Å²) in [6.45, 7) is 4.68. The topological polar surface area (TPSA) is 38.9 Å². The van der Waals surface area contributed by atoms with Crippen molar-refractivity contribution in [2.24, 2.45) is 0 Å². The molecule has 0 unspecified atom stereocenters. The maximum Gasteiger partial charge on any atom is 0.145 e. The summed E-state index contributed by atoms with van der Waals surface area (Å²) in [5.41, 5.74) is 11.3. The zero-order chi connectivity index (χ0) is 32.0. The third-order valence-corrected chi connectivity index (χ3v) is 10.2. The molecule has 0 saturated carbocycles. The van der Waals surface area contributed by atoms with Crippen molar-refractivity contribution in [3.8, 4) is 11.5 Å². The molecule has 9 aromatic rings. The SMILES string of the molecule is CC1(C)c2ccc(N(c3ccccc3)c3ccc4c5ccccc5n(-c5ccccn5)c4c3)cc2-n2c3ncccc3c3cccc1c32. The molecule has 10 rings (SSSR count). The second-order valence-electron chi connectivity index (χ2n) is 13.2. The van der Waals surface area contributed by atoms with E-state index < -0.39 is 0 Å². The lowest BCUT2D eigenvalue weighted by Crippen LogP contribution is -2.26. The minimum absolute atomic E-state index is 0.183. The summed E-state index contributed by atoms with van der Waals surface area (Å²) in [5, 5.41) is 4.83. The average Bonchev–Trinajstić information content (AvgIpc) is 3.65. The molecule has 0 fully saturated rings. The molecule has 5 heterocycles. The van der Waals surface area contributed by atoms with Crippen molar-refractivity contribution in [3.63, 3.8) is 0 Å². The highest BCUT2D eigenvalue weighted by Crippen LogP contribution is 2.49. The van der Waals surface area contributed by atoms with Gasteiger partial charge in [-0.1, -0.05) is 86.6 Å². The molecule has 5 aromatic carbocycles. The number of aromatic nitrogens is 4. The quantitative estimate of drug-likeness (QED) is 0.197. The molecular formula is C43H31N5. The number of hydrogen-bond acceptors (Lipinski definition) is 3. The van der Waals surface area contributed by atoms with E-state index in [0.29, 0.717) is 0 Å². The second kappa shape index (κ2) is 9.90. The van der Waals surface area contributed by atoms with E-state index in [1.165, 1.54) is 43.9 Å². The van der Waals surface area contributed by atoms with Gasteiger partial charge in [-0.3, -0.25) is 9.13 Å². The van der Waals surface area contributed by atoms with Gasteiger partial charge >= 0.3 is 0 Å². The maximum absolute atomic E-state index is 4.94. The molecule has 0 atom stereocenters. The van der Waals surface area contributed by atoms with E-state index in [0.717, 1.165) is 39.6 Å². The Morgan fingerprint density at radius 1 is 0.500 bits per heavy atom. The van der Waals surface area contributed by atoms with Crippen LogP contribution in [0.1, 0.15) is 25.0 Å². The summed E-state index contributed by atoms with van der Waals surface area (Å²) in [5.74, 6) is 0.901. The largest absolute Gasteiger partial charge is 0.310 e. The van der Waals surface area contributed by atoms with Crippen molar-refractivity contribution in [2.45, 2.75) is 19.3 Å². The van der Waals surface area contributed by atoms with E-state index in [-0.39, 0.29) is 5.41 Å². The number of benzene rings is 5. The van der Waals surface area contributed by atoms with Gasteiger partial charge in [-0.05, 0) is 77.9 Å². The van der Waals surface area contributed by atoms with E-state index in [4.69, 9.17) is 9.97 Å². The van der Waals surface area contributed by atoms with Crippen LogP contribution in [0.5, 0.6) is 0 Å². The first-order chi connectivity index (χ1) is 23.6. The number of para-hydroxylation sites is 3. The van der Waals surface area contributed by atoms with Gasteiger partial charge < -0.3 is 4.90 Å². The Morgan fingerprint density at radius 2 is 1.23 bits per heavy atom. The number of rotatable bonds is 4. The molecule has 48 heavy (non-hydrogen) atoms. The number of hydrogen-bond donors (Lipinski definition) is 0. The molecule has 0 saturated heterocycles. The van der Waals surface area contributed by atoms with Gasteiger partial charge in [0.15, 0.2) is 0 Å². The first kappa shape index (κ1) is 27.0. The molecule has 0 N–H and O–H groups in total. The van der Waals surface area contributed by atoms with Crippen LogP contribution < -0.4 is 4.90 Å². The van der Waals surface area contributed by atoms with Crippen LogP contribution in [0.25, 0.3) is 55.2 Å². The van der Waals surface area contributed by atoms with Crippen molar-refractivity contribution in [1.82, 2.24) is 19.1 Å². The molecule has 0 spiro atoms. The minimum atomic E-state index is -0.183. The Labute approximate surface area is 278 Å². The molecule has 1 aliphatic rings. The van der Waals surface area contributed by atoms with Crippen LogP contribution in [-0.4, -0.2) is 19.1 Å². The Hall–Kier alpha value is -6.20. The second-order valence-corrected chi connectivity index (χ2v) is 13.2. The molecule has 4 aromatic heterocycles. The molecule has 5 heteroatoms. The Kier molecular flexibility index (Phi) is 5.56. The number of fused-ring (bicyclic) bond motifs is 8. The molecule has 0 aliphatic carbocycles. The predicted octanol–water partition coefficient (Wildman–Crippen LogP) is 10.8. The standard InChI is InChI=1S/C43H31N5/c1-43(2)35-23-21-30(27-39(35)48-41-33(15-10-17-36(41)43)34-16-11-25-45-42(34)48)46(28-12-4-3-5-13-28)29-20-22-32-31-14-6-7-18-37(31)47(38(32)26-29)40-19-8-9-24-44-40/h3-27H,1-2H3. The van der Waals surface area contributed by atoms with Crippen molar-refractivity contribution in [1.29, 1.82) is 0 Å². The van der Waals surface area contributed by atoms with Crippen LogP contribution in [0.2, 0.25) is 0 Å². The third-order valence-electron chi connectivity index (χ3n) is 10.2. The summed E-state index contributed by atoms with van der Waals surface area (Å²) < 4.78 is 4.66. The Balaban J connectivity index is 1.25. The van der Waals surface area contributed by atoms with Crippen molar-refractivity contribution in [2.75, 3.05) is 4.90 Å². The van der Waals surface area contributed by atoms with E-state index in [9.17, 15) is 0 Å². The monoisotopic (exact) mass is 617 g/mol. The fourth-order valence-corrected chi connectivity index (χ4v) is 8.00. The van der Waals surface area contributed by atoms with Crippen LogP contribution in [0.3, 0.4) is 0 Å². The van der Waals surface area contributed by atoms with Crippen molar-refractivity contribution in [3.05, 3.63) is 163 Å². The number of pyridine rings is 2. The van der Waals surface area contributed by atoms with Gasteiger partial charge in [-0.15, -0.1) is 0 Å². The summed E-state index contributed by atoms with van der Waals surface area (Å²) in [6.07, 6.45) is 3.76. The molecule has 228 valence electrons. The Bertz CT molecular complexity index is 2700. The van der Waals surface area contributed by atoms with E-state index in [2.05, 4.69) is 149 Å². The summed E-state index contributed by atoms with van der Waals surface area (Å²) in [6, 6.07) is 50.0. The molecule has 0 radical (unpaired) electrons. The van der Waals surface area contributed by atoms with Gasteiger partial charge in [0.1, 0.15) is 11.5 Å². The zero-order valence-electron chi connectivity index (χ0n) is 26.7. The van der Waals surface area contributed by atoms with Crippen LogP contribution in [-0.2, 0) is 5.41 Å². The highest BCUT2D eigenvalue weighted by atomic mass is 15.2. The lowest BCUT2D eigenvalue weighted by atomic mass is 9.74. The van der Waals surface area contributed by atoms with Gasteiger partial charge in [0, 0.05) is 56.4 Å². The van der Waals surface area contributed by atoms with E-state index >= 15 is 0 Å². The first-order valence-electron chi connectivity index (χ1n) is 16.4. The van der Waals surface area contributed by atoms with Gasteiger partial charge in [0.05, 0.1) is 22.2 Å². The lowest BCUT2D eigenvalue weighted by molar-refractivity contribution is 0.630. The van der Waals surface area contributed by atoms with Crippen LogP contribution in [0.15, 0.2) is 152 Å². The molecule has 0 bridgehead atoms. The van der Waals surface area contributed by atoms with E-state index in [1.54, 1.807) is 0 Å². The minimum Gasteiger partial charge on any atom is -0.310 e. The third kappa shape index (κ3) is 3.67. The first-order valence-corrected chi connectivity index (χ1v) is 16.4. The molecule has 5 nitrogen and oxygen atoms in total. The zero-order valence-corrected chi connectivity index (χ0v) is 26.7. The molecule has 1 aliphatic heterocycles. The fourth-order valence-electron chi connectivity index (χ4n) is 8.00. The van der Waals surface area contributed by atoms with Crippen LogP contribution >= 0.6 is 0 Å². The van der Waals surface area contributed by atoms with Gasteiger partial charge in [0.2, 0.25) is 0 Å². The fraction of sp³-hybridized carbons (Fsp3) is 0.0698. The highest BCUT2D eigenvalue weighted by molar-refractivity contribution is 6.11. The smallest absolute Gasteiger partial charge is 0.145 e. The van der Waals surface area contributed by atoms with Crippen LogP contribution in [0.4, 0.5) is 17.1 Å².